The Bertz CT molecular complexity index is 981. The van der Waals surface area contributed by atoms with Gasteiger partial charge in [0.1, 0.15) is 6.54 Å². The van der Waals surface area contributed by atoms with E-state index in [1.807, 2.05) is 54.3 Å². The maximum atomic E-state index is 13.2. The van der Waals surface area contributed by atoms with Crippen molar-refractivity contribution in [2.45, 2.75) is 26.3 Å². The topological polar surface area (TPSA) is 73.0 Å². The number of anilines is 2. The van der Waals surface area contributed by atoms with Crippen molar-refractivity contribution in [1.82, 2.24) is 9.80 Å². The van der Waals surface area contributed by atoms with Gasteiger partial charge in [0.15, 0.2) is 0 Å². The summed E-state index contributed by atoms with van der Waals surface area (Å²) in [7, 11) is 0. The van der Waals surface area contributed by atoms with Crippen LogP contribution in [0.5, 0.6) is 0 Å². The molecule has 2 heterocycles. The predicted octanol–water partition coefficient (Wildman–Crippen LogP) is 2.38. The van der Waals surface area contributed by atoms with Gasteiger partial charge >= 0.3 is 0 Å². The summed E-state index contributed by atoms with van der Waals surface area (Å²) in [6, 6.07) is 14.7. The fourth-order valence-electron chi connectivity index (χ4n) is 4.19. The van der Waals surface area contributed by atoms with Crippen LogP contribution in [0.3, 0.4) is 0 Å². The van der Waals surface area contributed by atoms with E-state index in [1.54, 1.807) is 11.0 Å². The van der Waals surface area contributed by atoms with Crippen molar-refractivity contribution in [2.24, 2.45) is 0 Å². The molecule has 0 aliphatic carbocycles. The van der Waals surface area contributed by atoms with Crippen molar-refractivity contribution in [3.63, 3.8) is 0 Å². The van der Waals surface area contributed by atoms with Crippen molar-refractivity contribution in [3.05, 3.63) is 59.7 Å². The van der Waals surface area contributed by atoms with Gasteiger partial charge in [0.05, 0.1) is 17.4 Å². The highest BCUT2D eigenvalue weighted by Crippen LogP contribution is 2.29. The lowest BCUT2D eigenvalue weighted by Crippen LogP contribution is -2.56. The molecule has 1 N–H and O–H groups in total. The number of aryl methyl sites for hydroxylation is 1. The standard InChI is InChI=1S/C24H28N4O3/c1-3-18-8-10-19(11-9-18)24(31)27-14-12-26(13-15-27)17(2)23(30)28-16-22(29)25-20-6-4-5-7-21(20)28/h4-11,17H,3,12-16H2,1-2H3,(H,25,29). The molecule has 0 radical (unpaired) electrons. The van der Waals surface area contributed by atoms with Gasteiger partial charge in [-0.2, -0.15) is 0 Å². The van der Waals surface area contributed by atoms with Crippen LogP contribution in [0.2, 0.25) is 0 Å². The molecule has 0 saturated carbocycles. The largest absolute Gasteiger partial charge is 0.336 e. The van der Waals surface area contributed by atoms with Crippen LogP contribution < -0.4 is 10.2 Å². The van der Waals surface area contributed by atoms with Gasteiger partial charge in [-0.1, -0.05) is 31.2 Å². The molecule has 0 aromatic heterocycles. The fourth-order valence-corrected chi connectivity index (χ4v) is 4.19. The summed E-state index contributed by atoms with van der Waals surface area (Å²) in [5.41, 5.74) is 3.29. The molecule has 7 heteroatoms. The second-order valence-corrected chi connectivity index (χ2v) is 8.04. The summed E-state index contributed by atoms with van der Waals surface area (Å²) in [5, 5.41) is 2.81. The number of hydrogen-bond acceptors (Lipinski definition) is 4. The summed E-state index contributed by atoms with van der Waals surface area (Å²) in [5.74, 6) is -0.260. The van der Waals surface area contributed by atoms with Gasteiger partial charge in [-0.3, -0.25) is 24.2 Å². The van der Waals surface area contributed by atoms with E-state index < -0.39 is 0 Å². The zero-order chi connectivity index (χ0) is 22.0. The Morgan fingerprint density at radius 1 is 1.00 bits per heavy atom. The predicted molar refractivity (Wildman–Crippen MR) is 120 cm³/mol. The Morgan fingerprint density at radius 3 is 2.35 bits per heavy atom. The van der Waals surface area contributed by atoms with E-state index in [2.05, 4.69) is 17.1 Å². The molecule has 0 bridgehead atoms. The number of carbonyl (C=O) groups is 3. The van der Waals surface area contributed by atoms with Gasteiger partial charge < -0.3 is 10.2 Å². The zero-order valence-electron chi connectivity index (χ0n) is 18.0. The third-order valence-corrected chi connectivity index (χ3v) is 6.15. The lowest BCUT2D eigenvalue weighted by atomic mass is 10.1. The summed E-state index contributed by atoms with van der Waals surface area (Å²) in [6.45, 7) is 6.37. The van der Waals surface area contributed by atoms with Crippen molar-refractivity contribution in [2.75, 3.05) is 42.9 Å². The van der Waals surface area contributed by atoms with Crippen molar-refractivity contribution >= 4 is 29.1 Å². The van der Waals surface area contributed by atoms with E-state index in [9.17, 15) is 14.4 Å². The van der Waals surface area contributed by atoms with Gasteiger partial charge in [0.25, 0.3) is 5.91 Å². The number of hydrogen-bond donors (Lipinski definition) is 1. The lowest BCUT2D eigenvalue weighted by Gasteiger charge is -2.39. The summed E-state index contributed by atoms with van der Waals surface area (Å²) < 4.78 is 0. The highest BCUT2D eigenvalue weighted by Gasteiger charge is 2.34. The first-order valence-corrected chi connectivity index (χ1v) is 10.8. The highest BCUT2D eigenvalue weighted by molar-refractivity contribution is 6.11. The maximum absolute atomic E-state index is 13.2. The van der Waals surface area contributed by atoms with Crippen LogP contribution in [0.1, 0.15) is 29.8 Å². The number of nitrogens with one attached hydrogen (secondary N) is 1. The molecule has 2 aliphatic rings. The molecule has 31 heavy (non-hydrogen) atoms. The summed E-state index contributed by atoms with van der Waals surface area (Å²) in [4.78, 5) is 43.6. The maximum Gasteiger partial charge on any atom is 0.253 e. The summed E-state index contributed by atoms with van der Waals surface area (Å²) in [6.07, 6.45) is 0.947. The van der Waals surface area contributed by atoms with E-state index in [1.165, 1.54) is 5.56 Å². The molecule has 2 aliphatic heterocycles. The van der Waals surface area contributed by atoms with Crippen LogP contribution in [-0.2, 0) is 16.0 Å². The average molecular weight is 421 g/mol. The van der Waals surface area contributed by atoms with Crippen LogP contribution in [0, 0.1) is 0 Å². The number of piperazine rings is 1. The normalized spacial score (nSPS) is 17.7. The molecule has 162 valence electrons. The smallest absolute Gasteiger partial charge is 0.253 e. The van der Waals surface area contributed by atoms with E-state index in [0.717, 1.165) is 12.1 Å². The molecule has 1 atom stereocenters. The zero-order valence-corrected chi connectivity index (χ0v) is 18.0. The quantitative estimate of drug-likeness (QED) is 0.824. The van der Waals surface area contributed by atoms with Crippen LogP contribution >= 0.6 is 0 Å². The molecular formula is C24H28N4O3. The molecule has 3 amide bonds. The average Bonchev–Trinajstić information content (AvgIpc) is 2.82. The van der Waals surface area contributed by atoms with E-state index in [-0.39, 0.29) is 30.3 Å². The Hall–Kier alpha value is -3.19. The minimum absolute atomic E-state index is 0.0202. The Kier molecular flexibility index (Phi) is 6.04. The molecule has 1 unspecified atom stereocenters. The summed E-state index contributed by atoms with van der Waals surface area (Å²) >= 11 is 0. The van der Waals surface area contributed by atoms with Crippen molar-refractivity contribution in [1.29, 1.82) is 0 Å². The van der Waals surface area contributed by atoms with E-state index in [4.69, 9.17) is 0 Å². The number of amides is 3. The van der Waals surface area contributed by atoms with Crippen molar-refractivity contribution < 1.29 is 14.4 Å². The number of para-hydroxylation sites is 2. The molecule has 1 saturated heterocycles. The first-order valence-electron chi connectivity index (χ1n) is 10.8. The number of benzene rings is 2. The highest BCUT2D eigenvalue weighted by atomic mass is 16.2. The SMILES string of the molecule is CCc1ccc(C(=O)N2CCN(C(C)C(=O)N3CC(=O)Nc4ccccc43)CC2)cc1. The fraction of sp³-hybridized carbons (Fsp3) is 0.375. The van der Waals surface area contributed by atoms with Crippen LogP contribution in [0.4, 0.5) is 11.4 Å². The third-order valence-electron chi connectivity index (χ3n) is 6.15. The second-order valence-electron chi connectivity index (χ2n) is 8.04. The molecule has 2 aromatic rings. The second kappa shape index (κ2) is 8.89. The first kappa shape index (κ1) is 21.1. The monoisotopic (exact) mass is 420 g/mol. The Morgan fingerprint density at radius 2 is 1.68 bits per heavy atom. The van der Waals surface area contributed by atoms with Gasteiger partial charge in [0.2, 0.25) is 11.8 Å². The minimum atomic E-state index is -0.375. The molecule has 1 fully saturated rings. The van der Waals surface area contributed by atoms with Crippen LogP contribution in [0.25, 0.3) is 0 Å². The number of fused-ring (bicyclic) bond motifs is 1. The lowest BCUT2D eigenvalue weighted by molar-refractivity contribution is -0.125. The first-order chi connectivity index (χ1) is 15.0. The van der Waals surface area contributed by atoms with Crippen molar-refractivity contribution in [3.8, 4) is 0 Å². The van der Waals surface area contributed by atoms with Gasteiger partial charge in [-0.15, -0.1) is 0 Å². The van der Waals surface area contributed by atoms with Crippen LogP contribution in [0.15, 0.2) is 48.5 Å². The molecule has 7 nitrogen and oxygen atoms in total. The minimum Gasteiger partial charge on any atom is -0.336 e. The molecule has 4 rings (SSSR count). The number of rotatable bonds is 4. The van der Waals surface area contributed by atoms with Crippen LogP contribution in [-0.4, -0.2) is 66.3 Å². The molecule has 2 aromatic carbocycles. The van der Waals surface area contributed by atoms with Gasteiger partial charge in [-0.25, -0.2) is 0 Å². The van der Waals surface area contributed by atoms with E-state index >= 15 is 0 Å². The molecule has 0 spiro atoms. The number of carbonyl (C=O) groups excluding carboxylic acids is 3. The van der Waals surface area contributed by atoms with E-state index in [0.29, 0.717) is 37.4 Å². The Balaban J connectivity index is 1.39. The van der Waals surface area contributed by atoms with Gasteiger partial charge in [0, 0.05) is 31.7 Å². The van der Waals surface area contributed by atoms with Gasteiger partial charge in [-0.05, 0) is 43.2 Å². The number of nitrogens with zero attached hydrogens (tertiary/aromatic N) is 3. The third kappa shape index (κ3) is 4.32. The Labute approximate surface area is 182 Å². The molecular weight excluding hydrogens is 392 g/mol.